The summed E-state index contributed by atoms with van der Waals surface area (Å²) >= 11 is 0. The number of amides is 2. The Morgan fingerprint density at radius 2 is 1.95 bits per heavy atom. The molecule has 0 radical (unpaired) electrons. The molecule has 4 rings (SSSR count). The van der Waals surface area contributed by atoms with E-state index in [1.807, 2.05) is 24.8 Å². The zero-order valence-electron chi connectivity index (χ0n) is 22.2. The summed E-state index contributed by atoms with van der Waals surface area (Å²) in [7, 11) is 0. The van der Waals surface area contributed by atoms with E-state index in [1.54, 1.807) is 12.3 Å². The van der Waals surface area contributed by atoms with Gasteiger partial charge in [-0.25, -0.2) is 9.82 Å². The molecule has 2 aliphatic rings. The Balaban J connectivity index is 0.000000414. The van der Waals surface area contributed by atoms with Gasteiger partial charge in [-0.3, -0.25) is 14.6 Å². The fourth-order valence-corrected chi connectivity index (χ4v) is 3.89. The summed E-state index contributed by atoms with van der Waals surface area (Å²) in [5, 5.41) is 5.45. The van der Waals surface area contributed by atoms with Crippen LogP contribution in [-0.4, -0.2) is 50.1 Å². The average molecular weight is 513 g/mol. The standard InChI is InChI=1S/C21H24FN5O2.C6H13NO/c1-13-7-20(26-25-13)19-11-17(12-23-14(19)2)24-21(28)15-8-16(22)10-18(9-15)27-3-5-29-6-4-27;1-6(2,3)4-7-5-8/h7-12,20,25-26H,3-6H2,1-2H3,(H,24,28);5H,4H2,1-3H3,(H,7,8). The number of aryl methyl sites for hydroxylation is 1. The molecule has 0 bridgehead atoms. The van der Waals surface area contributed by atoms with E-state index in [-0.39, 0.29) is 22.9 Å². The molecule has 200 valence electrons. The second-order valence-electron chi connectivity index (χ2n) is 10.3. The Morgan fingerprint density at radius 3 is 2.54 bits per heavy atom. The third kappa shape index (κ3) is 8.54. The smallest absolute Gasteiger partial charge is 0.255 e. The molecule has 1 atom stereocenters. The molecule has 9 nitrogen and oxygen atoms in total. The first kappa shape index (κ1) is 28.1. The minimum Gasteiger partial charge on any atom is -0.378 e. The van der Waals surface area contributed by atoms with Crippen molar-refractivity contribution < 1.29 is 18.7 Å². The van der Waals surface area contributed by atoms with Crippen molar-refractivity contribution in [3.63, 3.8) is 0 Å². The number of allylic oxidation sites excluding steroid dienone is 1. The quantitative estimate of drug-likeness (QED) is 0.439. The van der Waals surface area contributed by atoms with E-state index in [0.29, 0.717) is 37.7 Å². The highest BCUT2D eigenvalue weighted by atomic mass is 19.1. The van der Waals surface area contributed by atoms with Crippen molar-refractivity contribution in [1.82, 2.24) is 21.2 Å². The van der Waals surface area contributed by atoms with Crippen molar-refractivity contribution in [2.75, 3.05) is 43.1 Å². The molecule has 0 saturated carbocycles. The van der Waals surface area contributed by atoms with Gasteiger partial charge in [0.2, 0.25) is 6.41 Å². The number of carbonyl (C=O) groups is 2. The minimum atomic E-state index is -0.441. The zero-order chi connectivity index (χ0) is 27.0. The molecule has 0 aliphatic carbocycles. The Bertz CT molecular complexity index is 1130. The van der Waals surface area contributed by atoms with E-state index >= 15 is 0 Å². The molecule has 1 saturated heterocycles. The molecular formula is C27H37FN6O3. The molecule has 2 aromatic rings. The van der Waals surface area contributed by atoms with Crippen LogP contribution >= 0.6 is 0 Å². The maximum atomic E-state index is 14.2. The molecule has 3 heterocycles. The molecule has 1 fully saturated rings. The largest absolute Gasteiger partial charge is 0.378 e. The van der Waals surface area contributed by atoms with Gasteiger partial charge >= 0.3 is 0 Å². The lowest BCUT2D eigenvalue weighted by atomic mass is 9.97. The predicted molar refractivity (Wildman–Crippen MR) is 143 cm³/mol. The number of aromatic nitrogens is 1. The highest BCUT2D eigenvalue weighted by Crippen LogP contribution is 2.25. The van der Waals surface area contributed by atoms with Crippen molar-refractivity contribution in [3.8, 4) is 0 Å². The number of nitrogens with one attached hydrogen (secondary N) is 4. The second kappa shape index (κ2) is 12.6. The van der Waals surface area contributed by atoms with Crippen LogP contribution in [0.25, 0.3) is 0 Å². The number of hydrogen-bond acceptors (Lipinski definition) is 7. The van der Waals surface area contributed by atoms with Crippen LogP contribution in [0.2, 0.25) is 0 Å². The number of rotatable bonds is 6. The number of hydrogen-bond donors (Lipinski definition) is 4. The van der Waals surface area contributed by atoms with Gasteiger partial charge in [-0.05, 0) is 55.2 Å². The average Bonchev–Trinajstić information content (AvgIpc) is 3.30. The number of anilines is 2. The van der Waals surface area contributed by atoms with Crippen LogP contribution in [0.3, 0.4) is 0 Å². The fraction of sp³-hybridized carbons (Fsp3) is 0.444. The molecule has 1 aromatic heterocycles. The van der Waals surface area contributed by atoms with Crippen LogP contribution in [0.1, 0.15) is 55.4 Å². The third-order valence-electron chi connectivity index (χ3n) is 5.80. The van der Waals surface area contributed by atoms with Gasteiger partial charge in [0.05, 0.1) is 31.1 Å². The van der Waals surface area contributed by atoms with Crippen molar-refractivity contribution in [2.45, 2.75) is 40.7 Å². The van der Waals surface area contributed by atoms with E-state index in [4.69, 9.17) is 4.74 Å². The van der Waals surface area contributed by atoms with E-state index < -0.39 is 5.82 Å². The van der Waals surface area contributed by atoms with Gasteiger partial charge in [0.15, 0.2) is 0 Å². The molecule has 1 aromatic carbocycles. The van der Waals surface area contributed by atoms with Crippen LogP contribution in [0.15, 0.2) is 42.2 Å². The molecule has 37 heavy (non-hydrogen) atoms. The highest BCUT2D eigenvalue weighted by Gasteiger charge is 2.19. The van der Waals surface area contributed by atoms with E-state index in [9.17, 15) is 14.0 Å². The van der Waals surface area contributed by atoms with E-state index in [2.05, 4.69) is 53.3 Å². The van der Waals surface area contributed by atoms with Gasteiger partial charge in [0, 0.05) is 42.3 Å². The molecule has 0 spiro atoms. The van der Waals surface area contributed by atoms with Gasteiger partial charge < -0.3 is 25.7 Å². The van der Waals surface area contributed by atoms with Crippen LogP contribution in [0.5, 0.6) is 0 Å². The fourth-order valence-electron chi connectivity index (χ4n) is 3.89. The summed E-state index contributed by atoms with van der Waals surface area (Å²) in [4.78, 5) is 28.9. The topological polar surface area (TPSA) is 108 Å². The Morgan fingerprint density at radius 1 is 1.22 bits per heavy atom. The molecule has 2 amide bonds. The molecule has 2 aliphatic heterocycles. The lowest BCUT2D eigenvalue weighted by Gasteiger charge is -2.29. The SMILES string of the molecule is CC(C)(C)CNC=O.CC1=CC(c2cc(NC(=O)c3cc(F)cc(N4CCOCC4)c3)cnc2C)NN1. The third-order valence-corrected chi connectivity index (χ3v) is 5.80. The van der Waals surface area contributed by atoms with E-state index in [1.165, 1.54) is 12.1 Å². The summed E-state index contributed by atoms with van der Waals surface area (Å²) in [5.41, 5.74) is 10.8. The number of halogens is 1. The molecular weight excluding hydrogens is 475 g/mol. The summed E-state index contributed by atoms with van der Waals surface area (Å²) in [6.07, 6.45) is 4.39. The van der Waals surface area contributed by atoms with Crippen molar-refractivity contribution in [3.05, 3.63) is 64.9 Å². The number of benzene rings is 1. The number of hydrazine groups is 1. The zero-order valence-corrected chi connectivity index (χ0v) is 22.2. The van der Waals surface area contributed by atoms with Crippen LogP contribution in [0.4, 0.5) is 15.8 Å². The van der Waals surface area contributed by atoms with Crippen LogP contribution in [0, 0.1) is 18.2 Å². The minimum absolute atomic E-state index is 0.0264. The van der Waals surface area contributed by atoms with Crippen molar-refractivity contribution in [2.24, 2.45) is 5.41 Å². The van der Waals surface area contributed by atoms with Gasteiger partial charge in [-0.15, -0.1) is 0 Å². The summed E-state index contributed by atoms with van der Waals surface area (Å²) < 4.78 is 19.5. The molecule has 1 unspecified atom stereocenters. The normalized spacial score (nSPS) is 17.2. The summed E-state index contributed by atoms with van der Waals surface area (Å²) in [6.45, 7) is 13.4. The first-order valence-electron chi connectivity index (χ1n) is 12.3. The first-order valence-corrected chi connectivity index (χ1v) is 12.3. The molecule has 10 heteroatoms. The van der Waals surface area contributed by atoms with Gasteiger partial charge in [0.25, 0.3) is 5.91 Å². The van der Waals surface area contributed by atoms with E-state index in [0.717, 1.165) is 29.9 Å². The Kier molecular flexibility index (Phi) is 9.60. The number of carbonyl (C=O) groups excluding carboxylic acids is 2. The van der Waals surface area contributed by atoms with Crippen molar-refractivity contribution >= 4 is 23.7 Å². The Hall–Kier alpha value is -3.50. The van der Waals surface area contributed by atoms with Crippen LogP contribution < -0.4 is 26.4 Å². The highest BCUT2D eigenvalue weighted by molar-refractivity contribution is 6.04. The summed E-state index contributed by atoms with van der Waals surface area (Å²) in [5.74, 6) is -0.816. The number of nitrogens with zero attached hydrogens (tertiary/aromatic N) is 2. The monoisotopic (exact) mass is 512 g/mol. The lowest BCUT2D eigenvalue weighted by molar-refractivity contribution is -0.109. The van der Waals surface area contributed by atoms with Crippen LogP contribution in [-0.2, 0) is 9.53 Å². The maximum absolute atomic E-state index is 14.2. The Labute approximate surface area is 217 Å². The number of pyridine rings is 1. The predicted octanol–water partition coefficient (Wildman–Crippen LogP) is 3.45. The van der Waals surface area contributed by atoms with Crippen molar-refractivity contribution in [1.29, 1.82) is 0 Å². The second-order valence-corrected chi connectivity index (χ2v) is 10.3. The molecule has 4 N–H and O–H groups in total. The number of ether oxygens (including phenoxy) is 1. The van der Waals surface area contributed by atoms with Gasteiger partial charge in [-0.1, -0.05) is 20.8 Å². The summed E-state index contributed by atoms with van der Waals surface area (Å²) in [6, 6.07) is 6.26. The lowest BCUT2D eigenvalue weighted by Crippen LogP contribution is -2.36. The first-order chi connectivity index (χ1) is 17.6. The maximum Gasteiger partial charge on any atom is 0.255 e. The van der Waals surface area contributed by atoms with Gasteiger partial charge in [0.1, 0.15) is 5.82 Å². The number of morpholine rings is 1. The van der Waals surface area contributed by atoms with Gasteiger partial charge in [-0.2, -0.15) is 0 Å².